The first-order valence-corrected chi connectivity index (χ1v) is 16.7. The van der Waals surface area contributed by atoms with E-state index >= 15 is 0 Å². The lowest BCUT2D eigenvalue weighted by atomic mass is 9.94. The fraction of sp³-hybridized carbons (Fsp3) is 0. The quantitative estimate of drug-likeness (QED) is 0.179. The summed E-state index contributed by atoms with van der Waals surface area (Å²) in [5.41, 5.74) is 11.5. The van der Waals surface area contributed by atoms with Crippen LogP contribution >= 0.6 is 0 Å². The maximum Gasteiger partial charge on any atom is 0.164 e. The van der Waals surface area contributed by atoms with Gasteiger partial charge in [-0.3, -0.25) is 0 Å². The van der Waals surface area contributed by atoms with E-state index in [0.717, 1.165) is 72.0 Å². The zero-order valence-electron chi connectivity index (χ0n) is 27.4. The van der Waals surface area contributed by atoms with Crippen LogP contribution in [0.15, 0.2) is 174 Å². The van der Waals surface area contributed by atoms with Gasteiger partial charge in [-0.05, 0) is 58.1 Å². The molecule has 2 heterocycles. The highest BCUT2D eigenvalue weighted by Crippen LogP contribution is 2.40. The van der Waals surface area contributed by atoms with Crippen LogP contribution in [0.3, 0.4) is 0 Å². The fourth-order valence-corrected chi connectivity index (χ4v) is 6.54. The Hall–Kier alpha value is -7.16. The molecule has 0 saturated heterocycles. The van der Waals surface area contributed by atoms with Gasteiger partial charge in [-0.1, -0.05) is 140 Å². The molecule has 2 aromatic heterocycles. The van der Waals surface area contributed by atoms with Crippen LogP contribution in [-0.4, -0.2) is 15.0 Å². The van der Waals surface area contributed by atoms with E-state index < -0.39 is 0 Å². The molecule has 0 atom stereocenters. The summed E-state index contributed by atoms with van der Waals surface area (Å²) in [5.74, 6) is 1.87. The number of benzene rings is 7. The molecule has 0 aliphatic heterocycles. The molecule has 0 bridgehead atoms. The van der Waals surface area contributed by atoms with Gasteiger partial charge in [0.15, 0.2) is 17.5 Å². The first-order valence-electron chi connectivity index (χ1n) is 16.7. The van der Waals surface area contributed by atoms with Gasteiger partial charge in [0.1, 0.15) is 11.2 Å². The maximum absolute atomic E-state index is 9.19. The Morgan fingerprint density at radius 2 is 0.843 bits per heavy atom. The summed E-state index contributed by atoms with van der Waals surface area (Å²) in [4.78, 5) is 14.7. The molecule has 51 heavy (non-hydrogen) atoms. The standard InChI is InChI=1S/C46H28N4O/c47-29-30-15-17-31(18-16-30)32-19-21-33(22-20-32)38-27-40(43-41(28-38)39-13-7-8-14-42(39)51-43)34-23-25-37(26-24-34)46-49-44(35-9-3-1-4-10-35)48-45(50-46)36-11-5-2-6-12-36/h1-28H. The summed E-state index contributed by atoms with van der Waals surface area (Å²) in [5, 5.41) is 11.3. The molecule has 5 heteroatoms. The Labute approximate surface area is 294 Å². The zero-order chi connectivity index (χ0) is 34.1. The Morgan fingerprint density at radius 3 is 1.41 bits per heavy atom. The Morgan fingerprint density at radius 1 is 0.392 bits per heavy atom. The molecule has 238 valence electrons. The third-order valence-electron chi connectivity index (χ3n) is 9.20. The second kappa shape index (κ2) is 12.7. The van der Waals surface area contributed by atoms with E-state index in [0.29, 0.717) is 23.0 Å². The predicted octanol–water partition coefficient (Wildman–Crippen LogP) is 11.6. The lowest BCUT2D eigenvalue weighted by Crippen LogP contribution is -2.00. The molecule has 0 spiro atoms. The van der Waals surface area contributed by atoms with Crippen LogP contribution in [-0.2, 0) is 0 Å². The van der Waals surface area contributed by atoms with Gasteiger partial charge in [0.2, 0.25) is 0 Å². The highest BCUT2D eigenvalue weighted by atomic mass is 16.3. The van der Waals surface area contributed by atoms with Gasteiger partial charge in [-0.25, -0.2) is 15.0 Å². The molecule has 0 radical (unpaired) electrons. The van der Waals surface area contributed by atoms with E-state index in [1.165, 1.54) is 0 Å². The number of hydrogen-bond donors (Lipinski definition) is 0. The van der Waals surface area contributed by atoms with Gasteiger partial charge in [0.05, 0.1) is 11.6 Å². The summed E-state index contributed by atoms with van der Waals surface area (Å²) in [7, 11) is 0. The van der Waals surface area contributed by atoms with Crippen LogP contribution < -0.4 is 0 Å². The lowest BCUT2D eigenvalue weighted by Gasteiger charge is -2.11. The highest BCUT2D eigenvalue weighted by molar-refractivity contribution is 6.11. The minimum absolute atomic E-state index is 0.610. The van der Waals surface area contributed by atoms with Crippen molar-refractivity contribution in [1.29, 1.82) is 5.26 Å². The van der Waals surface area contributed by atoms with Crippen molar-refractivity contribution in [2.24, 2.45) is 0 Å². The SMILES string of the molecule is N#Cc1ccc(-c2ccc(-c3cc(-c4ccc(-c5nc(-c6ccccc6)nc(-c6ccccc6)n5)cc4)c4oc5ccccc5c4c3)cc2)cc1. The van der Waals surface area contributed by atoms with Crippen molar-refractivity contribution in [2.75, 3.05) is 0 Å². The van der Waals surface area contributed by atoms with E-state index in [1.54, 1.807) is 0 Å². The fourth-order valence-electron chi connectivity index (χ4n) is 6.54. The lowest BCUT2D eigenvalue weighted by molar-refractivity contribution is 0.670. The molecular formula is C46H28N4O. The molecule has 5 nitrogen and oxygen atoms in total. The maximum atomic E-state index is 9.19. The molecule has 0 amide bonds. The number of rotatable bonds is 6. The molecular weight excluding hydrogens is 625 g/mol. The van der Waals surface area contributed by atoms with Crippen molar-refractivity contribution >= 4 is 21.9 Å². The molecule has 0 aliphatic carbocycles. The molecule has 9 rings (SSSR count). The van der Waals surface area contributed by atoms with Crippen LogP contribution in [0, 0.1) is 11.3 Å². The summed E-state index contributed by atoms with van der Waals surface area (Å²) < 4.78 is 6.51. The first kappa shape index (κ1) is 29.9. The number of nitriles is 1. The van der Waals surface area contributed by atoms with Gasteiger partial charge in [0, 0.05) is 33.0 Å². The number of furan rings is 1. The summed E-state index contributed by atoms with van der Waals surface area (Å²) in [6, 6.07) is 59.4. The summed E-state index contributed by atoms with van der Waals surface area (Å²) in [6.45, 7) is 0. The topological polar surface area (TPSA) is 75.6 Å². The first-order chi connectivity index (χ1) is 25.2. The van der Waals surface area contributed by atoms with Gasteiger partial charge < -0.3 is 4.42 Å². The van der Waals surface area contributed by atoms with E-state index in [1.807, 2.05) is 103 Å². The molecule has 0 fully saturated rings. The molecule has 0 unspecified atom stereocenters. The smallest absolute Gasteiger partial charge is 0.164 e. The molecule has 9 aromatic rings. The monoisotopic (exact) mass is 652 g/mol. The highest BCUT2D eigenvalue weighted by Gasteiger charge is 2.17. The van der Waals surface area contributed by atoms with Gasteiger partial charge in [-0.2, -0.15) is 5.26 Å². The number of aromatic nitrogens is 3. The van der Waals surface area contributed by atoms with Crippen molar-refractivity contribution in [3.8, 4) is 73.6 Å². The van der Waals surface area contributed by atoms with Crippen LogP contribution in [0.4, 0.5) is 0 Å². The molecule has 0 saturated carbocycles. The Kier molecular flexibility index (Phi) is 7.46. The number of para-hydroxylation sites is 1. The van der Waals surface area contributed by atoms with Gasteiger partial charge >= 0.3 is 0 Å². The van der Waals surface area contributed by atoms with Crippen LogP contribution in [0.1, 0.15) is 5.56 Å². The van der Waals surface area contributed by atoms with Crippen molar-refractivity contribution in [1.82, 2.24) is 15.0 Å². The largest absolute Gasteiger partial charge is 0.455 e. The van der Waals surface area contributed by atoms with E-state index in [4.69, 9.17) is 19.4 Å². The second-order valence-corrected chi connectivity index (χ2v) is 12.4. The number of fused-ring (bicyclic) bond motifs is 3. The second-order valence-electron chi connectivity index (χ2n) is 12.4. The average molecular weight is 653 g/mol. The number of hydrogen-bond acceptors (Lipinski definition) is 5. The molecule has 0 N–H and O–H groups in total. The minimum atomic E-state index is 0.610. The van der Waals surface area contributed by atoms with Crippen molar-refractivity contribution in [3.05, 3.63) is 175 Å². The van der Waals surface area contributed by atoms with E-state index in [2.05, 4.69) is 72.8 Å². The normalized spacial score (nSPS) is 11.1. The third kappa shape index (κ3) is 5.71. The summed E-state index contributed by atoms with van der Waals surface area (Å²) >= 11 is 0. The van der Waals surface area contributed by atoms with Crippen LogP contribution in [0.5, 0.6) is 0 Å². The van der Waals surface area contributed by atoms with Crippen molar-refractivity contribution in [2.45, 2.75) is 0 Å². The Bertz CT molecular complexity index is 2650. The minimum Gasteiger partial charge on any atom is -0.455 e. The molecule has 0 aliphatic rings. The number of nitrogens with zero attached hydrogens (tertiary/aromatic N) is 4. The van der Waals surface area contributed by atoms with E-state index in [9.17, 15) is 5.26 Å². The van der Waals surface area contributed by atoms with Crippen LogP contribution in [0.2, 0.25) is 0 Å². The van der Waals surface area contributed by atoms with Crippen molar-refractivity contribution < 1.29 is 4.42 Å². The zero-order valence-corrected chi connectivity index (χ0v) is 27.4. The Balaban J connectivity index is 1.13. The van der Waals surface area contributed by atoms with Gasteiger partial charge in [-0.15, -0.1) is 0 Å². The predicted molar refractivity (Wildman–Crippen MR) is 204 cm³/mol. The van der Waals surface area contributed by atoms with Crippen molar-refractivity contribution in [3.63, 3.8) is 0 Å². The van der Waals surface area contributed by atoms with E-state index in [-0.39, 0.29) is 0 Å². The third-order valence-corrected chi connectivity index (χ3v) is 9.20. The average Bonchev–Trinajstić information content (AvgIpc) is 3.60. The molecule has 7 aromatic carbocycles. The summed E-state index contributed by atoms with van der Waals surface area (Å²) in [6.07, 6.45) is 0. The van der Waals surface area contributed by atoms with Gasteiger partial charge in [0.25, 0.3) is 0 Å². The van der Waals surface area contributed by atoms with Crippen LogP contribution in [0.25, 0.3) is 89.5 Å².